The smallest absolute Gasteiger partial charge is 0.113 e. The molecule has 0 bridgehead atoms. The average Bonchev–Trinajstić information content (AvgIpc) is 2.23. The highest BCUT2D eigenvalue weighted by Crippen LogP contribution is 2.24. The summed E-state index contributed by atoms with van der Waals surface area (Å²) in [6.07, 6.45) is 3.41. The predicted molar refractivity (Wildman–Crippen MR) is 64.3 cm³/mol. The average molecular weight is 216 g/mol. The number of hydrogen-bond acceptors (Lipinski definition) is 2. The maximum atomic E-state index is 5.24. The first kappa shape index (κ1) is 10.1. The Labute approximate surface area is 94.0 Å². The van der Waals surface area contributed by atoms with Gasteiger partial charge in [0.15, 0.2) is 0 Å². The number of H-pyrrole nitrogens is 1. The second-order valence-corrected chi connectivity index (χ2v) is 3.95. The Hall–Kier alpha value is -1.48. The number of nitrogens with one attached hydrogen (secondary N) is 1. The summed E-state index contributed by atoms with van der Waals surface area (Å²) in [6.45, 7) is 4.20. The number of aromatic amines is 1. The molecule has 0 aliphatic rings. The zero-order valence-electron chi connectivity index (χ0n) is 8.74. The lowest BCUT2D eigenvalue weighted by molar-refractivity contribution is 1.15. The van der Waals surface area contributed by atoms with Crippen LogP contribution in [0.4, 0.5) is 0 Å². The standard InChI is InChI=1S/C12H12N2S/c1-8-4-3-5-10(9(8)2)11-6-13-7-14-12(11)15/h3-7H,1-2H3,(H,13,14,15). The zero-order valence-corrected chi connectivity index (χ0v) is 9.56. The molecule has 1 heterocycles. The Morgan fingerprint density at radius 2 is 2.00 bits per heavy atom. The van der Waals surface area contributed by atoms with E-state index in [1.165, 1.54) is 11.1 Å². The largest absolute Gasteiger partial charge is 0.337 e. The van der Waals surface area contributed by atoms with Crippen LogP contribution in [0.1, 0.15) is 11.1 Å². The van der Waals surface area contributed by atoms with Gasteiger partial charge in [0.25, 0.3) is 0 Å². The number of aryl methyl sites for hydroxylation is 1. The third-order valence-electron chi connectivity index (χ3n) is 2.61. The van der Waals surface area contributed by atoms with Crippen molar-refractivity contribution in [1.82, 2.24) is 9.97 Å². The van der Waals surface area contributed by atoms with E-state index < -0.39 is 0 Å². The van der Waals surface area contributed by atoms with E-state index in [0.717, 1.165) is 15.8 Å². The molecule has 0 unspecified atom stereocenters. The lowest BCUT2D eigenvalue weighted by Gasteiger charge is -2.07. The van der Waals surface area contributed by atoms with Crippen molar-refractivity contribution in [3.63, 3.8) is 0 Å². The van der Waals surface area contributed by atoms with Gasteiger partial charge in [-0.1, -0.05) is 30.4 Å². The highest BCUT2D eigenvalue weighted by molar-refractivity contribution is 7.71. The van der Waals surface area contributed by atoms with Crippen LogP contribution < -0.4 is 0 Å². The highest BCUT2D eigenvalue weighted by atomic mass is 32.1. The maximum absolute atomic E-state index is 5.24. The first-order valence-electron chi connectivity index (χ1n) is 4.79. The molecule has 2 nitrogen and oxygen atoms in total. The lowest BCUT2D eigenvalue weighted by atomic mass is 9.99. The maximum Gasteiger partial charge on any atom is 0.113 e. The third-order valence-corrected chi connectivity index (χ3v) is 2.95. The van der Waals surface area contributed by atoms with Crippen LogP contribution >= 0.6 is 12.2 Å². The molecule has 76 valence electrons. The molecular formula is C12H12N2S. The fraction of sp³-hybridized carbons (Fsp3) is 0.167. The summed E-state index contributed by atoms with van der Waals surface area (Å²) in [4.78, 5) is 7.02. The van der Waals surface area contributed by atoms with Crippen LogP contribution in [0.5, 0.6) is 0 Å². The molecule has 0 saturated heterocycles. The molecule has 0 atom stereocenters. The minimum absolute atomic E-state index is 0.735. The van der Waals surface area contributed by atoms with Gasteiger partial charge in [-0.25, -0.2) is 4.98 Å². The number of aromatic nitrogens is 2. The van der Waals surface area contributed by atoms with Gasteiger partial charge in [0.1, 0.15) is 4.64 Å². The fourth-order valence-corrected chi connectivity index (χ4v) is 1.79. The summed E-state index contributed by atoms with van der Waals surface area (Å²) in [6, 6.07) is 6.21. The molecule has 0 saturated carbocycles. The van der Waals surface area contributed by atoms with E-state index in [4.69, 9.17) is 12.2 Å². The molecule has 0 radical (unpaired) electrons. The monoisotopic (exact) mass is 216 g/mol. The van der Waals surface area contributed by atoms with Gasteiger partial charge in [0, 0.05) is 11.8 Å². The summed E-state index contributed by atoms with van der Waals surface area (Å²) < 4.78 is 0.735. The van der Waals surface area contributed by atoms with E-state index in [2.05, 4.69) is 35.9 Å². The molecule has 0 amide bonds. The van der Waals surface area contributed by atoms with Crippen molar-refractivity contribution in [2.45, 2.75) is 13.8 Å². The van der Waals surface area contributed by atoms with E-state index in [9.17, 15) is 0 Å². The lowest BCUT2D eigenvalue weighted by Crippen LogP contribution is -1.90. The molecule has 3 heteroatoms. The van der Waals surface area contributed by atoms with Gasteiger partial charge >= 0.3 is 0 Å². The predicted octanol–water partition coefficient (Wildman–Crippen LogP) is 3.42. The molecule has 0 aliphatic heterocycles. The van der Waals surface area contributed by atoms with E-state index in [1.807, 2.05) is 6.07 Å². The number of benzene rings is 1. The van der Waals surface area contributed by atoms with Crippen LogP contribution in [-0.2, 0) is 0 Å². The van der Waals surface area contributed by atoms with Gasteiger partial charge in [0.2, 0.25) is 0 Å². The molecule has 0 fully saturated rings. The first-order chi connectivity index (χ1) is 7.20. The Bertz CT molecular complexity index is 543. The summed E-state index contributed by atoms with van der Waals surface area (Å²) in [7, 11) is 0. The van der Waals surface area contributed by atoms with Gasteiger partial charge in [-0.3, -0.25) is 0 Å². The van der Waals surface area contributed by atoms with Gasteiger partial charge in [-0.05, 0) is 30.5 Å². The van der Waals surface area contributed by atoms with Crippen LogP contribution in [0.2, 0.25) is 0 Å². The SMILES string of the molecule is Cc1cccc(-c2cnc[nH]c2=S)c1C. The quantitative estimate of drug-likeness (QED) is 0.740. The van der Waals surface area contributed by atoms with Gasteiger partial charge in [-0.2, -0.15) is 0 Å². The minimum atomic E-state index is 0.735. The Balaban J connectivity index is 2.70. The van der Waals surface area contributed by atoms with Gasteiger partial charge < -0.3 is 4.98 Å². The van der Waals surface area contributed by atoms with Crippen molar-refractivity contribution in [3.05, 3.63) is 46.5 Å². The topological polar surface area (TPSA) is 28.7 Å². The molecule has 1 aromatic heterocycles. The Morgan fingerprint density at radius 3 is 2.73 bits per heavy atom. The fourth-order valence-electron chi connectivity index (χ4n) is 1.58. The van der Waals surface area contributed by atoms with E-state index >= 15 is 0 Å². The highest BCUT2D eigenvalue weighted by Gasteiger charge is 2.04. The van der Waals surface area contributed by atoms with Crippen molar-refractivity contribution in [3.8, 4) is 11.1 Å². The van der Waals surface area contributed by atoms with Crippen LogP contribution in [0.25, 0.3) is 11.1 Å². The van der Waals surface area contributed by atoms with E-state index in [1.54, 1.807) is 12.5 Å². The molecule has 0 spiro atoms. The van der Waals surface area contributed by atoms with Crippen LogP contribution in [0.15, 0.2) is 30.7 Å². The van der Waals surface area contributed by atoms with Crippen molar-refractivity contribution in [1.29, 1.82) is 0 Å². The molecular weight excluding hydrogens is 204 g/mol. The molecule has 15 heavy (non-hydrogen) atoms. The summed E-state index contributed by atoms with van der Waals surface area (Å²) in [5, 5.41) is 0. The van der Waals surface area contributed by atoms with Crippen LogP contribution in [-0.4, -0.2) is 9.97 Å². The summed E-state index contributed by atoms with van der Waals surface area (Å²) >= 11 is 5.24. The zero-order chi connectivity index (χ0) is 10.8. The summed E-state index contributed by atoms with van der Waals surface area (Å²) in [5.41, 5.74) is 4.67. The minimum Gasteiger partial charge on any atom is -0.337 e. The molecule has 1 N–H and O–H groups in total. The second-order valence-electron chi connectivity index (χ2n) is 3.54. The van der Waals surface area contributed by atoms with Crippen LogP contribution in [0, 0.1) is 18.5 Å². The Kier molecular flexibility index (Phi) is 2.64. The molecule has 0 aliphatic carbocycles. The van der Waals surface area contributed by atoms with E-state index in [-0.39, 0.29) is 0 Å². The van der Waals surface area contributed by atoms with E-state index in [0.29, 0.717) is 0 Å². The molecule has 2 aromatic rings. The van der Waals surface area contributed by atoms with Gasteiger partial charge in [0.05, 0.1) is 6.33 Å². The first-order valence-corrected chi connectivity index (χ1v) is 5.20. The molecule has 1 aromatic carbocycles. The number of rotatable bonds is 1. The third kappa shape index (κ3) is 1.83. The van der Waals surface area contributed by atoms with Gasteiger partial charge in [-0.15, -0.1) is 0 Å². The molecule has 2 rings (SSSR count). The number of hydrogen-bond donors (Lipinski definition) is 1. The van der Waals surface area contributed by atoms with Crippen molar-refractivity contribution >= 4 is 12.2 Å². The normalized spacial score (nSPS) is 10.3. The van der Waals surface area contributed by atoms with Crippen molar-refractivity contribution in [2.24, 2.45) is 0 Å². The summed E-state index contributed by atoms with van der Waals surface area (Å²) in [5.74, 6) is 0. The second kappa shape index (κ2) is 3.95. The van der Waals surface area contributed by atoms with Crippen LogP contribution in [0.3, 0.4) is 0 Å². The number of nitrogens with zero attached hydrogens (tertiary/aromatic N) is 1. The Morgan fingerprint density at radius 1 is 1.20 bits per heavy atom. The van der Waals surface area contributed by atoms with Crippen molar-refractivity contribution < 1.29 is 0 Å². The van der Waals surface area contributed by atoms with Crippen molar-refractivity contribution in [2.75, 3.05) is 0 Å².